The van der Waals surface area contributed by atoms with Crippen LogP contribution in [0.15, 0.2) is 12.4 Å². The van der Waals surface area contributed by atoms with E-state index >= 15 is 0 Å². The van der Waals surface area contributed by atoms with E-state index in [0.29, 0.717) is 26.2 Å². The van der Waals surface area contributed by atoms with E-state index in [1.165, 1.54) is 0 Å². The van der Waals surface area contributed by atoms with E-state index in [4.69, 9.17) is 5.11 Å². The molecule has 1 aromatic rings. The molecule has 0 aromatic carbocycles. The molecule has 1 aromatic heterocycles. The van der Waals surface area contributed by atoms with Crippen LogP contribution in [-0.4, -0.2) is 40.5 Å². The van der Waals surface area contributed by atoms with Gasteiger partial charge in [0.05, 0.1) is 25.9 Å². The van der Waals surface area contributed by atoms with Gasteiger partial charge >= 0.3 is 0 Å². The van der Waals surface area contributed by atoms with Crippen LogP contribution < -0.4 is 10.6 Å². The molecule has 0 fully saturated rings. The van der Waals surface area contributed by atoms with E-state index in [1.807, 2.05) is 13.1 Å². The third kappa shape index (κ3) is 4.41. The fourth-order valence-electron chi connectivity index (χ4n) is 1.30. The lowest BCUT2D eigenvalue weighted by Crippen LogP contribution is -2.33. The molecule has 0 aliphatic heterocycles. The monoisotopic (exact) mass is 226 g/mol. The van der Waals surface area contributed by atoms with Crippen LogP contribution in [0.4, 0.5) is 0 Å². The van der Waals surface area contributed by atoms with Gasteiger partial charge in [-0.1, -0.05) is 0 Å². The number of nitrogens with zero attached hydrogens (tertiary/aromatic N) is 2. The predicted molar refractivity (Wildman–Crippen MR) is 59.7 cm³/mol. The first-order valence-corrected chi connectivity index (χ1v) is 5.36. The molecule has 1 rings (SSSR count). The van der Waals surface area contributed by atoms with Crippen LogP contribution in [0.1, 0.15) is 12.5 Å². The highest BCUT2D eigenvalue weighted by Crippen LogP contribution is 1.96. The van der Waals surface area contributed by atoms with E-state index in [1.54, 1.807) is 10.9 Å². The molecule has 90 valence electrons. The summed E-state index contributed by atoms with van der Waals surface area (Å²) >= 11 is 0. The molecule has 0 aliphatic carbocycles. The number of amides is 1. The lowest BCUT2D eigenvalue weighted by Gasteiger charge is -2.02. The Morgan fingerprint density at radius 1 is 1.62 bits per heavy atom. The zero-order chi connectivity index (χ0) is 11.8. The summed E-state index contributed by atoms with van der Waals surface area (Å²) < 4.78 is 1.67. The van der Waals surface area contributed by atoms with Gasteiger partial charge in [-0.2, -0.15) is 5.10 Å². The number of aromatic nitrogens is 2. The first-order valence-electron chi connectivity index (χ1n) is 5.36. The van der Waals surface area contributed by atoms with Crippen LogP contribution in [0.5, 0.6) is 0 Å². The smallest absolute Gasteiger partial charge is 0.233 e. The first kappa shape index (κ1) is 12.7. The summed E-state index contributed by atoms with van der Waals surface area (Å²) in [6.45, 7) is 4.01. The Morgan fingerprint density at radius 3 is 3.12 bits per heavy atom. The van der Waals surface area contributed by atoms with Crippen molar-refractivity contribution >= 4 is 5.91 Å². The van der Waals surface area contributed by atoms with Crippen molar-refractivity contribution in [2.45, 2.75) is 20.0 Å². The van der Waals surface area contributed by atoms with Crippen LogP contribution in [0, 0.1) is 0 Å². The Balaban J connectivity index is 2.23. The van der Waals surface area contributed by atoms with Crippen molar-refractivity contribution < 1.29 is 9.90 Å². The van der Waals surface area contributed by atoms with Gasteiger partial charge in [-0.15, -0.1) is 0 Å². The third-order valence-electron chi connectivity index (χ3n) is 2.00. The van der Waals surface area contributed by atoms with Gasteiger partial charge in [0.1, 0.15) is 0 Å². The van der Waals surface area contributed by atoms with E-state index in [-0.39, 0.29) is 12.5 Å². The molecular weight excluding hydrogens is 208 g/mol. The zero-order valence-electron chi connectivity index (χ0n) is 9.44. The summed E-state index contributed by atoms with van der Waals surface area (Å²) in [4.78, 5) is 11.1. The van der Waals surface area contributed by atoms with Crippen LogP contribution in [0.3, 0.4) is 0 Å². The maximum Gasteiger partial charge on any atom is 0.233 e. The van der Waals surface area contributed by atoms with E-state index < -0.39 is 0 Å². The summed E-state index contributed by atoms with van der Waals surface area (Å²) in [5, 5.41) is 18.5. The minimum Gasteiger partial charge on any atom is -0.394 e. The number of rotatable bonds is 7. The molecule has 0 aliphatic rings. The van der Waals surface area contributed by atoms with Gasteiger partial charge in [0.15, 0.2) is 0 Å². The van der Waals surface area contributed by atoms with E-state index in [0.717, 1.165) is 5.56 Å². The average Bonchev–Trinajstić information content (AvgIpc) is 2.67. The molecule has 0 atom stereocenters. The van der Waals surface area contributed by atoms with Crippen molar-refractivity contribution in [3.63, 3.8) is 0 Å². The number of nitrogens with one attached hydrogen (secondary N) is 2. The minimum absolute atomic E-state index is 0.00903. The SMILES string of the molecule is CCNC(=O)CNCc1cnn(CCO)c1. The summed E-state index contributed by atoms with van der Waals surface area (Å²) in [6.07, 6.45) is 3.57. The fourth-order valence-corrected chi connectivity index (χ4v) is 1.30. The third-order valence-corrected chi connectivity index (χ3v) is 2.00. The van der Waals surface area contributed by atoms with Crippen molar-refractivity contribution in [1.82, 2.24) is 20.4 Å². The molecule has 16 heavy (non-hydrogen) atoms. The number of carbonyl (C=O) groups excluding carboxylic acids is 1. The molecular formula is C10H18N4O2. The molecule has 0 bridgehead atoms. The van der Waals surface area contributed by atoms with Crippen molar-refractivity contribution in [1.29, 1.82) is 0 Å². The van der Waals surface area contributed by atoms with Crippen molar-refractivity contribution in [3.8, 4) is 0 Å². The van der Waals surface area contributed by atoms with Crippen molar-refractivity contribution in [2.24, 2.45) is 0 Å². The molecule has 0 saturated heterocycles. The normalized spacial score (nSPS) is 10.4. The molecule has 0 unspecified atom stereocenters. The second-order valence-electron chi connectivity index (χ2n) is 3.39. The van der Waals surface area contributed by atoms with Crippen LogP contribution >= 0.6 is 0 Å². The molecule has 3 N–H and O–H groups in total. The topological polar surface area (TPSA) is 79.2 Å². The van der Waals surface area contributed by atoms with Gasteiger partial charge in [0, 0.05) is 24.8 Å². The molecule has 6 nitrogen and oxygen atoms in total. The zero-order valence-corrected chi connectivity index (χ0v) is 9.44. The molecule has 0 spiro atoms. The predicted octanol–water partition coefficient (Wildman–Crippen LogP) is -0.899. The summed E-state index contributed by atoms with van der Waals surface area (Å²) in [5.41, 5.74) is 0.998. The summed E-state index contributed by atoms with van der Waals surface area (Å²) in [6, 6.07) is 0. The van der Waals surface area contributed by atoms with Crippen LogP contribution in [0.2, 0.25) is 0 Å². The quantitative estimate of drug-likeness (QED) is 0.563. The maximum atomic E-state index is 11.1. The van der Waals surface area contributed by atoms with E-state index in [2.05, 4.69) is 15.7 Å². The Bertz CT molecular complexity index is 324. The molecule has 0 saturated carbocycles. The summed E-state index contributed by atoms with van der Waals surface area (Å²) in [7, 11) is 0. The number of hydrogen-bond donors (Lipinski definition) is 3. The first-order chi connectivity index (χ1) is 7.76. The van der Waals surface area contributed by atoms with E-state index in [9.17, 15) is 4.79 Å². The molecule has 1 heterocycles. The Hall–Kier alpha value is -1.40. The average molecular weight is 226 g/mol. The Labute approximate surface area is 94.6 Å². The van der Waals surface area contributed by atoms with Gasteiger partial charge in [-0.25, -0.2) is 0 Å². The Kier molecular flexibility index (Phi) is 5.52. The van der Waals surface area contributed by atoms with Gasteiger partial charge in [-0.3, -0.25) is 9.48 Å². The minimum atomic E-state index is -0.00903. The Morgan fingerprint density at radius 2 is 2.44 bits per heavy atom. The number of aliphatic hydroxyl groups is 1. The highest BCUT2D eigenvalue weighted by molar-refractivity contribution is 5.77. The highest BCUT2D eigenvalue weighted by Gasteiger charge is 2.00. The van der Waals surface area contributed by atoms with Crippen molar-refractivity contribution in [2.75, 3.05) is 19.7 Å². The second kappa shape index (κ2) is 6.97. The van der Waals surface area contributed by atoms with Gasteiger partial charge in [-0.05, 0) is 6.92 Å². The van der Waals surface area contributed by atoms with Gasteiger partial charge < -0.3 is 15.7 Å². The number of hydrogen-bond acceptors (Lipinski definition) is 4. The van der Waals surface area contributed by atoms with Gasteiger partial charge in [0.2, 0.25) is 5.91 Å². The lowest BCUT2D eigenvalue weighted by atomic mass is 10.3. The van der Waals surface area contributed by atoms with Crippen molar-refractivity contribution in [3.05, 3.63) is 18.0 Å². The van der Waals surface area contributed by atoms with Crippen LogP contribution in [0.25, 0.3) is 0 Å². The fraction of sp³-hybridized carbons (Fsp3) is 0.600. The number of aliphatic hydroxyl groups excluding tert-OH is 1. The highest BCUT2D eigenvalue weighted by atomic mass is 16.3. The molecule has 1 amide bonds. The molecule has 0 radical (unpaired) electrons. The number of likely N-dealkylation sites (N-methyl/N-ethyl adjacent to an activating group) is 1. The summed E-state index contributed by atoms with van der Waals surface area (Å²) in [5.74, 6) is -0.00903. The number of carbonyl (C=O) groups is 1. The largest absolute Gasteiger partial charge is 0.394 e. The standard InChI is InChI=1S/C10H18N4O2/c1-2-12-10(16)7-11-5-9-6-13-14(8-9)3-4-15/h6,8,11,15H,2-5,7H2,1H3,(H,12,16). The second-order valence-corrected chi connectivity index (χ2v) is 3.39. The maximum absolute atomic E-state index is 11.1. The van der Waals surface area contributed by atoms with Crippen LogP contribution in [-0.2, 0) is 17.9 Å². The van der Waals surface area contributed by atoms with Gasteiger partial charge in [0.25, 0.3) is 0 Å². The lowest BCUT2D eigenvalue weighted by molar-refractivity contribution is -0.120. The molecule has 6 heteroatoms.